The van der Waals surface area contributed by atoms with Gasteiger partial charge in [0.1, 0.15) is 6.07 Å². The van der Waals surface area contributed by atoms with Crippen LogP contribution in [0.2, 0.25) is 0 Å². The fourth-order valence-electron chi connectivity index (χ4n) is 1.66. The molecule has 104 valence electrons. The number of hydrogen-bond acceptors (Lipinski definition) is 3. The van der Waals surface area contributed by atoms with Gasteiger partial charge in [-0.15, -0.1) is 0 Å². The van der Waals surface area contributed by atoms with Gasteiger partial charge in [0, 0.05) is 3.57 Å². The molecule has 0 aliphatic carbocycles. The zero-order valence-corrected chi connectivity index (χ0v) is 13.7. The first-order chi connectivity index (χ1) is 10.1. The number of carbonyl (C=O) groups excluding carboxylic acids is 1. The SMILES string of the molecule is N#Cc1ccccc1NC(=S)NC(=O)c1ccccc1I. The Labute approximate surface area is 141 Å². The van der Waals surface area contributed by atoms with Crippen molar-refractivity contribution in [3.05, 3.63) is 63.2 Å². The quantitative estimate of drug-likeness (QED) is 0.593. The van der Waals surface area contributed by atoms with E-state index in [9.17, 15) is 4.79 Å². The zero-order valence-electron chi connectivity index (χ0n) is 10.8. The molecule has 0 saturated heterocycles. The summed E-state index contributed by atoms with van der Waals surface area (Å²) in [7, 11) is 0. The van der Waals surface area contributed by atoms with Gasteiger partial charge in [-0.05, 0) is 59.1 Å². The van der Waals surface area contributed by atoms with Crippen molar-refractivity contribution >= 4 is 51.5 Å². The largest absolute Gasteiger partial charge is 0.331 e. The van der Waals surface area contributed by atoms with Crippen LogP contribution >= 0.6 is 34.8 Å². The number of nitrogens with one attached hydrogen (secondary N) is 2. The monoisotopic (exact) mass is 407 g/mol. The average Bonchev–Trinajstić information content (AvgIpc) is 2.48. The maximum atomic E-state index is 12.1. The third kappa shape index (κ3) is 4.00. The van der Waals surface area contributed by atoms with Gasteiger partial charge in [-0.1, -0.05) is 24.3 Å². The van der Waals surface area contributed by atoms with Crippen LogP contribution < -0.4 is 10.6 Å². The zero-order chi connectivity index (χ0) is 15.2. The lowest BCUT2D eigenvalue weighted by molar-refractivity contribution is 0.0977. The van der Waals surface area contributed by atoms with Gasteiger partial charge in [0.05, 0.1) is 16.8 Å². The highest BCUT2D eigenvalue weighted by atomic mass is 127. The van der Waals surface area contributed by atoms with E-state index in [1.54, 1.807) is 36.4 Å². The Morgan fingerprint density at radius 1 is 1.14 bits per heavy atom. The number of carbonyl (C=O) groups is 1. The Hall–Kier alpha value is -1.98. The Balaban J connectivity index is 2.08. The van der Waals surface area contributed by atoms with E-state index in [1.165, 1.54) is 0 Å². The minimum absolute atomic E-state index is 0.155. The number of benzene rings is 2. The molecule has 0 radical (unpaired) electrons. The smallest absolute Gasteiger partial charge is 0.258 e. The lowest BCUT2D eigenvalue weighted by Gasteiger charge is -2.11. The van der Waals surface area contributed by atoms with Crippen molar-refractivity contribution in [3.8, 4) is 6.07 Å². The molecule has 2 aromatic carbocycles. The van der Waals surface area contributed by atoms with E-state index < -0.39 is 0 Å². The minimum atomic E-state index is -0.285. The first-order valence-electron chi connectivity index (χ1n) is 5.98. The predicted molar refractivity (Wildman–Crippen MR) is 94.0 cm³/mol. The number of halogens is 1. The third-order valence-corrected chi connectivity index (χ3v) is 3.79. The Morgan fingerprint density at radius 2 is 1.81 bits per heavy atom. The molecule has 0 saturated carbocycles. The molecule has 0 aromatic heterocycles. The van der Waals surface area contributed by atoms with Crippen molar-refractivity contribution in [1.29, 1.82) is 5.26 Å². The van der Waals surface area contributed by atoms with Gasteiger partial charge in [0.15, 0.2) is 5.11 Å². The van der Waals surface area contributed by atoms with Crippen molar-refractivity contribution in [2.75, 3.05) is 5.32 Å². The van der Waals surface area contributed by atoms with Gasteiger partial charge in [0.25, 0.3) is 5.91 Å². The number of amides is 1. The van der Waals surface area contributed by atoms with Crippen LogP contribution in [-0.4, -0.2) is 11.0 Å². The number of hydrogen-bond donors (Lipinski definition) is 2. The van der Waals surface area contributed by atoms with Crippen LogP contribution in [0.4, 0.5) is 5.69 Å². The highest BCUT2D eigenvalue weighted by Crippen LogP contribution is 2.14. The van der Waals surface area contributed by atoms with Crippen molar-refractivity contribution in [3.63, 3.8) is 0 Å². The molecule has 0 aliphatic rings. The van der Waals surface area contributed by atoms with Crippen molar-refractivity contribution < 1.29 is 4.79 Å². The normalized spacial score (nSPS) is 9.52. The van der Waals surface area contributed by atoms with Crippen molar-refractivity contribution in [1.82, 2.24) is 5.32 Å². The van der Waals surface area contributed by atoms with Gasteiger partial charge in [-0.3, -0.25) is 10.1 Å². The number of anilines is 1. The summed E-state index contributed by atoms with van der Waals surface area (Å²) in [6, 6.07) is 16.2. The number of nitriles is 1. The van der Waals surface area contributed by atoms with E-state index in [0.717, 1.165) is 3.57 Å². The van der Waals surface area contributed by atoms with E-state index >= 15 is 0 Å². The molecule has 2 rings (SSSR count). The molecule has 6 heteroatoms. The number of nitrogens with zero attached hydrogens (tertiary/aromatic N) is 1. The van der Waals surface area contributed by atoms with Crippen LogP contribution in [-0.2, 0) is 0 Å². The number of thiocarbonyl (C=S) groups is 1. The first kappa shape index (κ1) is 15.4. The summed E-state index contributed by atoms with van der Waals surface area (Å²) in [5, 5.41) is 14.6. The summed E-state index contributed by atoms with van der Waals surface area (Å²) < 4.78 is 0.841. The van der Waals surface area contributed by atoms with E-state index in [0.29, 0.717) is 16.8 Å². The van der Waals surface area contributed by atoms with Gasteiger partial charge >= 0.3 is 0 Å². The lowest BCUT2D eigenvalue weighted by atomic mass is 10.2. The highest BCUT2D eigenvalue weighted by molar-refractivity contribution is 14.1. The molecule has 4 nitrogen and oxygen atoms in total. The van der Waals surface area contributed by atoms with Crippen LogP contribution in [0, 0.1) is 14.9 Å². The minimum Gasteiger partial charge on any atom is -0.331 e. The molecule has 0 atom stereocenters. The van der Waals surface area contributed by atoms with Crippen molar-refractivity contribution in [2.24, 2.45) is 0 Å². The van der Waals surface area contributed by atoms with Crippen LogP contribution in [0.5, 0.6) is 0 Å². The number of para-hydroxylation sites is 1. The maximum absolute atomic E-state index is 12.1. The molecule has 0 spiro atoms. The lowest BCUT2D eigenvalue weighted by Crippen LogP contribution is -2.34. The van der Waals surface area contributed by atoms with Crippen LogP contribution in [0.1, 0.15) is 15.9 Å². The molecular formula is C15H10IN3OS. The van der Waals surface area contributed by atoms with Gasteiger partial charge in [0.2, 0.25) is 0 Å². The van der Waals surface area contributed by atoms with E-state index in [1.807, 2.05) is 12.1 Å². The molecule has 2 N–H and O–H groups in total. The Morgan fingerprint density at radius 3 is 2.52 bits per heavy atom. The van der Waals surface area contributed by atoms with E-state index in [-0.39, 0.29) is 11.0 Å². The standard InChI is InChI=1S/C15H10IN3OS/c16-12-7-3-2-6-11(12)14(20)19-15(21)18-13-8-4-1-5-10(13)9-17/h1-8H,(H2,18,19,20,21). The predicted octanol–water partition coefficient (Wildman–Crippen LogP) is 3.29. The molecule has 21 heavy (non-hydrogen) atoms. The summed E-state index contributed by atoms with van der Waals surface area (Å²) in [4.78, 5) is 12.1. The second-order valence-corrected chi connectivity index (χ2v) is 5.62. The summed E-state index contributed by atoms with van der Waals surface area (Å²) in [6.07, 6.45) is 0. The molecule has 1 amide bonds. The van der Waals surface area contributed by atoms with Crippen LogP contribution in [0.15, 0.2) is 48.5 Å². The molecule has 0 aliphatic heterocycles. The van der Waals surface area contributed by atoms with Gasteiger partial charge < -0.3 is 5.32 Å². The molecule has 0 fully saturated rings. The summed E-state index contributed by atoms with van der Waals surface area (Å²) in [6.45, 7) is 0. The molecule has 2 aromatic rings. The molecule has 0 unspecified atom stereocenters. The Bertz CT molecular complexity index is 740. The topological polar surface area (TPSA) is 64.9 Å². The fourth-order valence-corrected chi connectivity index (χ4v) is 2.49. The van der Waals surface area contributed by atoms with Crippen LogP contribution in [0.3, 0.4) is 0 Å². The average molecular weight is 407 g/mol. The Kier molecular flexibility index (Phi) is 5.25. The summed E-state index contributed by atoms with van der Waals surface area (Å²) >= 11 is 7.20. The fraction of sp³-hybridized carbons (Fsp3) is 0. The van der Waals surface area contributed by atoms with Gasteiger partial charge in [-0.2, -0.15) is 5.26 Å². The summed E-state index contributed by atoms with van der Waals surface area (Å²) in [5.41, 5.74) is 1.58. The number of rotatable bonds is 2. The second-order valence-electron chi connectivity index (χ2n) is 4.05. The second kappa shape index (κ2) is 7.15. The first-order valence-corrected chi connectivity index (χ1v) is 7.46. The van der Waals surface area contributed by atoms with Crippen LogP contribution in [0.25, 0.3) is 0 Å². The molecule has 0 heterocycles. The summed E-state index contributed by atoms with van der Waals surface area (Å²) in [5.74, 6) is -0.285. The highest BCUT2D eigenvalue weighted by Gasteiger charge is 2.11. The third-order valence-electron chi connectivity index (χ3n) is 2.64. The molecule has 0 bridgehead atoms. The van der Waals surface area contributed by atoms with E-state index in [2.05, 4.69) is 39.3 Å². The van der Waals surface area contributed by atoms with Gasteiger partial charge in [-0.25, -0.2) is 0 Å². The maximum Gasteiger partial charge on any atom is 0.258 e. The van der Waals surface area contributed by atoms with E-state index in [4.69, 9.17) is 17.5 Å². The van der Waals surface area contributed by atoms with Crippen molar-refractivity contribution in [2.45, 2.75) is 0 Å². The molecular weight excluding hydrogens is 397 g/mol.